The molecule has 90 valence electrons. The van der Waals surface area contributed by atoms with Crippen LogP contribution in [0.5, 0.6) is 0 Å². The second kappa shape index (κ2) is 6.43. The summed E-state index contributed by atoms with van der Waals surface area (Å²) < 4.78 is 0. The zero-order valence-electron chi connectivity index (χ0n) is 9.64. The van der Waals surface area contributed by atoms with Crippen molar-refractivity contribution >= 4 is 11.5 Å². The van der Waals surface area contributed by atoms with Crippen LogP contribution in [-0.4, -0.2) is 16.5 Å². The molecule has 0 bridgehead atoms. The highest BCUT2D eigenvalue weighted by atomic mass is 16.6. The first-order chi connectivity index (χ1) is 8.19. The third-order valence-corrected chi connectivity index (χ3v) is 2.27. The van der Waals surface area contributed by atoms with Crippen molar-refractivity contribution in [2.75, 3.05) is 11.9 Å². The maximum Gasteiger partial charge on any atom is 0.312 e. The van der Waals surface area contributed by atoms with E-state index >= 15 is 0 Å². The molecule has 0 amide bonds. The van der Waals surface area contributed by atoms with E-state index in [1.54, 1.807) is 0 Å². The predicted molar refractivity (Wildman–Crippen MR) is 63.6 cm³/mol. The van der Waals surface area contributed by atoms with Crippen LogP contribution < -0.4 is 5.32 Å². The molecule has 6 nitrogen and oxygen atoms in total. The van der Waals surface area contributed by atoms with Gasteiger partial charge < -0.3 is 5.32 Å². The molecule has 0 aliphatic heterocycles. The highest BCUT2D eigenvalue weighted by Gasteiger charge is 2.15. The van der Waals surface area contributed by atoms with Gasteiger partial charge >= 0.3 is 5.69 Å². The fourth-order valence-corrected chi connectivity index (χ4v) is 1.37. The van der Waals surface area contributed by atoms with Crippen molar-refractivity contribution in [1.29, 1.82) is 5.26 Å². The third-order valence-electron chi connectivity index (χ3n) is 2.27. The minimum Gasteiger partial charge on any atom is -0.364 e. The molecule has 17 heavy (non-hydrogen) atoms. The largest absolute Gasteiger partial charge is 0.364 e. The number of hydrogen-bond acceptors (Lipinski definition) is 5. The van der Waals surface area contributed by atoms with E-state index in [9.17, 15) is 10.1 Å². The van der Waals surface area contributed by atoms with Gasteiger partial charge in [-0.1, -0.05) is 19.8 Å². The molecule has 0 atom stereocenters. The molecule has 6 heteroatoms. The molecule has 1 rings (SSSR count). The van der Waals surface area contributed by atoms with Crippen molar-refractivity contribution in [3.63, 3.8) is 0 Å². The van der Waals surface area contributed by atoms with Crippen LogP contribution in [0.3, 0.4) is 0 Å². The average molecular weight is 234 g/mol. The lowest BCUT2D eigenvalue weighted by atomic mass is 10.2. The molecule has 0 saturated heterocycles. The fraction of sp³-hybridized carbons (Fsp3) is 0.455. The van der Waals surface area contributed by atoms with Gasteiger partial charge in [-0.2, -0.15) is 5.26 Å². The van der Waals surface area contributed by atoms with Gasteiger partial charge in [-0.15, -0.1) is 0 Å². The summed E-state index contributed by atoms with van der Waals surface area (Å²) in [5.74, 6) is 0.227. The third kappa shape index (κ3) is 3.72. The Balaban J connectivity index is 2.77. The number of anilines is 1. The molecular weight excluding hydrogens is 220 g/mol. The van der Waals surface area contributed by atoms with Gasteiger partial charge in [0.2, 0.25) is 5.82 Å². The number of nitrogens with zero attached hydrogens (tertiary/aromatic N) is 3. The molecule has 1 aromatic heterocycles. The van der Waals surface area contributed by atoms with E-state index in [-0.39, 0.29) is 17.1 Å². The molecule has 1 N–H and O–H groups in total. The number of unbranched alkanes of at least 4 members (excludes halogenated alkanes) is 2. The van der Waals surface area contributed by atoms with E-state index in [1.165, 1.54) is 12.3 Å². The van der Waals surface area contributed by atoms with E-state index in [0.29, 0.717) is 6.54 Å². The summed E-state index contributed by atoms with van der Waals surface area (Å²) in [6, 6.07) is 3.06. The summed E-state index contributed by atoms with van der Waals surface area (Å²) in [7, 11) is 0. The van der Waals surface area contributed by atoms with Gasteiger partial charge in [0.05, 0.1) is 10.5 Å². The lowest BCUT2D eigenvalue weighted by molar-refractivity contribution is -0.384. The zero-order chi connectivity index (χ0) is 12.7. The number of hydrogen-bond donors (Lipinski definition) is 1. The van der Waals surface area contributed by atoms with Crippen molar-refractivity contribution in [1.82, 2.24) is 4.98 Å². The lowest BCUT2D eigenvalue weighted by Crippen LogP contribution is -2.06. The minimum atomic E-state index is -0.532. The maximum absolute atomic E-state index is 10.8. The monoisotopic (exact) mass is 234 g/mol. The maximum atomic E-state index is 10.8. The van der Waals surface area contributed by atoms with E-state index in [1.807, 2.05) is 6.07 Å². The Morgan fingerprint density at radius 3 is 2.94 bits per heavy atom. The molecule has 0 spiro atoms. The molecule has 0 saturated carbocycles. The van der Waals surface area contributed by atoms with Gasteiger partial charge in [0.25, 0.3) is 0 Å². The molecule has 0 fully saturated rings. The fourth-order valence-electron chi connectivity index (χ4n) is 1.37. The molecule has 0 unspecified atom stereocenters. The van der Waals surface area contributed by atoms with Gasteiger partial charge in [0.1, 0.15) is 6.07 Å². The lowest BCUT2D eigenvalue weighted by Gasteiger charge is -2.05. The van der Waals surface area contributed by atoms with Crippen LogP contribution >= 0.6 is 0 Å². The second-order valence-electron chi connectivity index (χ2n) is 3.59. The number of pyridine rings is 1. The van der Waals surface area contributed by atoms with Crippen LogP contribution in [0, 0.1) is 21.4 Å². The Morgan fingerprint density at radius 1 is 1.59 bits per heavy atom. The molecule has 1 aromatic rings. The van der Waals surface area contributed by atoms with Crippen molar-refractivity contribution in [2.24, 2.45) is 0 Å². The van der Waals surface area contributed by atoms with Crippen LogP contribution in [0.4, 0.5) is 11.5 Å². The Bertz CT molecular complexity index is 440. The quantitative estimate of drug-likeness (QED) is 0.463. The summed E-state index contributed by atoms with van der Waals surface area (Å²) >= 11 is 0. The molecule has 0 aromatic carbocycles. The first kappa shape index (κ1) is 12.9. The Morgan fingerprint density at radius 2 is 2.35 bits per heavy atom. The van der Waals surface area contributed by atoms with Crippen molar-refractivity contribution in [2.45, 2.75) is 26.2 Å². The van der Waals surface area contributed by atoms with Crippen molar-refractivity contribution in [3.8, 4) is 6.07 Å². The van der Waals surface area contributed by atoms with Gasteiger partial charge in [-0.3, -0.25) is 10.1 Å². The Labute approximate surface area is 99.4 Å². The summed E-state index contributed by atoms with van der Waals surface area (Å²) in [4.78, 5) is 14.2. The first-order valence-corrected chi connectivity index (χ1v) is 5.47. The van der Waals surface area contributed by atoms with Gasteiger partial charge in [0, 0.05) is 18.8 Å². The molecule has 0 aliphatic carbocycles. The van der Waals surface area contributed by atoms with Crippen molar-refractivity contribution < 1.29 is 4.92 Å². The number of rotatable bonds is 6. The Hall–Kier alpha value is -2.16. The summed E-state index contributed by atoms with van der Waals surface area (Å²) in [5.41, 5.74) is 0.0383. The zero-order valence-corrected chi connectivity index (χ0v) is 9.64. The molecule has 0 radical (unpaired) electrons. The van der Waals surface area contributed by atoms with Gasteiger partial charge in [-0.25, -0.2) is 4.98 Å². The molecular formula is C11H14N4O2. The topological polar surface area (TPSA) is 91.8 Å². The number of nitro groups is 1. The van der Waals surface area contributed by atoms with Gasteiger partial charge in [-0.05, 0) is 6.42 Å². The normalized spacial score (nSPS) is 9.65. The minimum absolute atomic E-state index is 0.152. The SMILES string of the molecule is CCCCCNc1ncc(C#N)cc1[N+](=O)[O-]. The van der Waals surface area contributed by atoms with Crippen LogP contribution in [0.15, 0.2) is 12.3 Å². The number of nitrogens with one attached hydrogen (secondary N) is 1. The summed E-state index contributed by atoms with van der Waals surface area (Å²) in [5, 5.41) is 22.4. The predicted octanol–water partition coefficient (Wildman–Crippen LogP) is 2.46. The van der Waals surface area contributed by atoms with Crippen LogP contribution in [-0.2, 0) is 0 Å². The first-order valence-electron chi connectivity index (χ1n) is 5.47. The van der Waals surface area contributed by atoms with Crippen LogP contribution in [0.1, 0.15) is 31.7 Å². The molecule has 0 aliphatic rings. The standard InChI is InChI=1S/C11H14N4O2/c1-2-3-4-5-13-11-10(15(16)17)6-9(7-12)8-14-11/h6,8H,2-5H2,1H3,(H,13,14). The summed E-state index contributed by atoms with van der Waals surface area (Å²) in [6.45, 7) is 2.73. The average Bonchev–Trinajstić information content (AvgIpc) is 2.34. The highest BCUT2D eigenvalue weighted by molar-refractivity contribution is 5.58. The molecule has 1 heterocycles. The Kier molecular flexibility index (Phi) is 4.88. The van der Waals surface area contributed by atoms with Gasteiger partial charge in [0.15, 0.2) is 0 Å². The second-order valence-corrected chi connectivity index (χ2v) is 3.59. The smallest absolute Gasteiger partial charge is 0.312 e. The van der Waals surface area contributed by atoms with E-state index < -0.39 is 4.92 Å². The van der Waals surface area contributed by atoms with E-state index in [4.69, 9.17) is 5.26 Å². The van der Waals surface area contributed by atoms with E-state index in [0.717, 1.165) is 19.3 Å². The highest BCUT2D eigenvalue weighted by Crippen LogP contribution is 2.22. The van der Waals surface area contributed by atoms with Crippen molar-refractivity contribution in [3.05, 3.63) is 27.9 Å². The van der Waals surface area contributed by atoms with Crippen LogP contribution in [0.25, 0.3) is 0 Å². The van der Waals surface area contributed by atoms with Crippen LogP contribution in [0.2, 0.25) is 0 Å². The summed E-state index contributed by atoms with van der Waals surface area (Å²) in [6.07, 6.45) is 4.42. The number of aromatic nitrogens is 1. The van der Waals surface area contributed by atoms with E-state index in [2.05, 4.69) is 17.2 Å². The number of nitriles is 1.